The zero-order valence-electron chi connectivity index (χ0n) is 8.78. The van der Waals surface area contributed by atoms with E-state index in [1.165, 1.54) is 24.2 Å². The van der Waals surface area contributed by atoms with Gasteiger partial charge in [0.25, 0.3) is 0 Å². The van der Waals surface area contributed by atoms with Crippen molar-refractivity contribution in [2.45, 2.75) is 37.4 Å². The Hall–Kier alpha value is -0.280. The molecule has 0 aromatic carbocycles. The van der Waals surface area contributed by atoms with E-state index in [4.69, 9.17) is 0 Å². The van der Waals surface area contributed by atoms with E-state index in [1.54, 1.807) is 11.3 Å². The molecule has 0 aliphatic carbocycles. The normalized spacial score (nSPS) is 21.5. The van der Waals surface area contributed by atoms with E-state index in [-0.39, 0.29) is 0 Å². The molecule has 2 heterocycles. The van der Waals surface area contributed by atoms with Crippen LogP contribution in [-0.4, -0.2) is 16.8 Å². The third kappa shape index (κ3) is 3.35. The number of thiophene rings is 1. The van der Waals surface area contributed by atoms with Crippen LogP contribution in [0.5, 0.6) is 0 Å². The van der Waals surface area contributed by atoms with E-state index < -0.39 is 0 Å². The van der Waals surface area contributed by atoms with Crippen molar-refractivity contribution in [2.24, 2.45) is 0 Å². The summed E-state index contributed by atoms with van der Waals surface area (Å²) in [5.41, 5.74) is 1.31. The van der Waals surface area contributed by atoms with E-state index in [0.717, 1.165) is 19.3 Å². The number of hydrogen-bond donors (Lipinski definition) is 0. The van der Waals surface area contributed by atoms with Gasteiger partial charge in [0.2, 0.25) is 0 Å². The van der Waals surface area contributed by atoms with Crippen LogP contribution in [-0.2, 0) is 11.2 Å². The number of carbonyl (C=O) groups is 1. The Kier molecular flexibility index (Phi) is 4.27. The minimum Gasteiger partial charge on any atom is -0.298 e. The summed E-state index contributed by atoms with van der Waals surface area (Å²) in [5.74, 6) is 1.64. The standard InChI is InChI=1S/C12H16OS2/c13-11(12-3-1-2-7-15-12)5-4-10-6-8-14-9-10/h6,8-9,12H,1-5,7H2. The SMILES string of the molecule is O=C(CCc1ccsc1)C1CCCCS1. The lowest BCUT2D eigenvalue weighted by atomic mass is 10.0. The average molecular weight is 240 g/mol. The first kappa shape index (κ1) is 11.2. The molecule has 15 heavy (non-hydrogen) atoms. The lowest BCUT2D eigenvalue weighted by molar-refractivity contribution is -0.118. The molecule has 2 rings (SSSR count). The Morgan fingerprint density at radius 1 is 1.47 bits per heavy atom. The van der Waals surface area contributed by atoms with Crippen molar-refractivity contribution in [3.05, 3.63) is 22.4 Å². The van der Waals surface area contributed by atoms with Gasteiger partial charge in [-0.2, -0.15) is 23.1 Å². The van der Waals surface area contributed by atoms with Crippen LogP contribution >= 0.6 is 23.1 Å². The maximum atomic E-state index is 11.9. The molecule has 1 aromatic rings. The fraction of sp³-hybridized carbons (Fsp3) is 0.583. The summed E-state index contributed by atoms with van der Waals surface area (Å²) in [6.07, 6.45) is 5.29. The molecule has 82 valence electrons. The van der Waals surface area contributed by atoms with Crippen LogP contribution in [0.4, 0.5) is 0 Å². The van der Waals surface area contributed by atoms with Crippen molar-refractivity contribution >= 4 is 28.9 Å². The van der Waals surface area contributed by atoms with Gasteiger partial charge in [-0.1, -0.05) is 6.42 Å². The van der Waals surface area contributed by atoms with E-state index in [9.17, 15) is 4.79 Å². The Bertz CT molecular complexity index is 299. The zero-order chi connectivity index (χ0) is 10.5. The number of aryl methyl sites for hydroxylation is 1. The first-order valence-electron chi connectivity index (χ1n) is 5.51. The number of ketones is 1. The largest absolute Gasteiger partial charge is 0.298 e. The van der Waals surface area contributed by atoms with Crippen LogP contribution in [0.3, 0.4) is 0 Å². The second-order valence-corrected chi connectivity index (χ2v) is 6.04. The van der Waals surface area contributed by atoms with E-state index in [2.05, 4.69) is 16.8 Å². The molecule has 0 radical (unpaired) electrons. The summed E-state index contributed by atoms with van der Waals surface area (Å²) in [7, 11) is 0. The molecule has 1 nitrogen and oxygen atoms in total. The Morgan fingerprint density at radius 2 is 2.40 bits per heavy atom. The van der Waals surface area contributed by atoms with Gasteiger partial charge in [-0.05, 0) is 47.4 Å². The molecule has 1 unspecified atom stereocenters. The highest BCUT2D eigenvalue weighted by Crippen LogP contribution is 2.26. The first-order valence-corrected chi connectivity index (χ1v) is 7.51. The fourth-order valence-electron chi connectivity index (χ4n) is 1.86. The van der Waals surface area contributed by atoms with Crippen molar-refractivity contribution in [2.75, 3.05) is 5.75 Å². The van der Waals surface area contributed by atoms with Gasteiger partial charge in [-0.3, -0.25) is 4.79 Å². The molecule has 0 N–H and O–H groups in total. The van der Waals surface area contributed by atoms with Crippen LogP contribution in [0, 0.1) is 0 Å². The molecule has 1 aliphatic heterocycles. The summed E-state index contributed by atoms with van der Waals surface area (Å²) < 4.78 is 0. The van der Waals surface area contributed by atoms with Crippen LogP contribution in [0.25, 0.3) is 0 Å². The lowest BCUT2D eigenvalue weighted by Gasteiger charge is -2.19. The molecular formula is C12H16OS2. The quantitative estimate of drug-likeness (QED) is 0.801. The predicted octanol–water partition coefficient (Wildman–Crippen LogP) is 3.54. The Balaban J connectivity index is 1.76. The Labute approximate surface area is 99.3 Å². The van der Waals surface area contributed by atoms with Gasteiger partial charge in [0.15, 0.2) is 0 Å². The highest BCUT2D eigenvalue weighted by molar-refractivity contribution is 8.00. The third-order valence-corrected chi connectivity index (χ3v) is 4.94. The van der Waals surface area contributed by atoms with Crippen molar-refractivity contribution in [3.63, 3.8) is 0 Å². The van der Waals surface area contributed by atoms with Gasteiger partial charge in [0, 0.05) is 6.42 Å². The molecule has 0 spiro atoms. The van der Waals surface area contributed by atoms with E-state index in [0.29, 0.717) is 11.0 Å². The maximum Gasteiger partial charge on any atom is 0.146 e. The predicted molar refractivity (Wildman–Crippen MR) is 67.7 cm³/mol. The summed E-state index contributed by atoms with van der Waals surface area (Å²) in [6.45, 7) is 0. The number of hydrogen-bond acceptors (Lipinski definition) is 3. The number of rotatable bonds is 4. The second-order valence-electron chi connectivity index (χ2n) is 3.95. The van der Waals surface area contributed by atoms with Crippen molar-refractivity contribution in [3.8, 4) is 0 Å². The monoisotopic (exact) mass is 240 g/mol. The van der Waals surface area contributed by atoms with E-state index >= 15 is 0 Å². The molecular weight excluding hydrogens is 224 g/mol. The highest BCUT2D eigenvalue weighted by atomic mass is 32.2. The first-order chi connectivity index (χ1) is 7.36. The highest BCUT2D eigenvalue weighted by Gasteiger charge is 2.20. The summed E-state index contributed by atoms with van der Waals surface area (Å²) >= 11 is 3.57. The van der Waals surface area contributed by atoms with Crippen LogP contribution in [0.2, 0.25) is 0 Å². The van der Waals surface area contributed by atoms with Gasteiger partial charge in [0.05, 0.1) is 5.25 Å². The van der Waals surface area contributed by atoms with Gasteiger partial charge in [-0.15, -0.1) is 0 Å². The molecule has 1 saturated heterocycles. The molecule has 1 fully saturated rings. The smallest absolute Gasteiger partial charge is 0.146 e. The average Bonchev–Trinajstić information content (AvgIpc) is 2.80. The van der Waals surface area contributed by atoms with Crippen LogP contribution in [0.15, 0.2) is 16.8 Å². The summed E-state index contributed by atoms with van der Waals surface area (Å²) in [5, 5.41) is 4.52. The summed E-state index contributed by atoms with van der Waals surface area (Å²) in [6, 6.07) is 2.12. The molecule has 0 bridgehead atoms. The van der Waals surface area contributed by atoms with Gasteiger partial charge in [-0.25, -0.2) is 0 Å². The number of carbonyl (C=O) groups excluding carboxylic acids is 1. The fourth-order valence-corrected chi connectivity index (χ4v) is 3.85. The topological polar surface area (TPSA) is 17.1 Å². The number of thioether (sulfide) groups is 1. The van der Waals surface area contributed by atoms with Gasteiger partial charge >= 0.3 is 0 Å². The Morgan fingerprint density at radius 3 is 3.07 bits per heavy atom. The van der Waals surface area contributed by atoms with Gasteiger partial charge < -0.3 is 0 Å². The molecule has 1 atom stereocenters. The van der Waals surface area contributed by atoms with E-state index in [1.807, 2.05) is 11.8 Å². The van der Waals surface area contributed by atoms with Crippen LogP contribution in [0.1, 0.15) is 31.2 Å². The second kappa shape index (κ2) is 5.71. The van der Waals surface area contributed by atoms with Crippen LogP contribution < -0.4 is 0 Å². The minimum atomic E-state index is 0.303. The molecule has 0 saturated carbocycles. The van der Waals surface area contributed by atoms with Crippen molar-refractivity contribution < 1.29 is 4.79 Å². The van der Waals surface area contributed by atoms with Crippen molar-refractivity contribution in [1.29, 1.82) is 0 Å². The zero-order valence-corrected chi connectivity index (χ0v) is 10.4. The lowest BCUT2D eigenvalue weighted by Crippen LogP contribution is -2.21. The molecule has 1 aromatic heterocycles. The van der Waals surface area contributed by atoms with Crippen molar-refractivity contribution in [1.82, 2.24) is 0 Å². The molecule has 0 amide bonds. The molecule has 3 heteroatoms. The number of Topliss-reactive ketones (excluding diaryl/α,β-unsaturated/α-hetero) is 1. The third-order valence-electron chi connectivity index (χ3n) is 2.78. The van der Waals surface area contributed by atoms with Gasteiger partial charge in [0.1, 0.15) is 5.78 Å². The minimum absolute atomic E-state index is 0.303. The molecule has 1 aliphatic rings. The summed E-state index contributed by atoms with van der Waals surface area (Å²) in [4.78, 5) is 11.9. The maximum absolute atomic E-state index is 11.9.